The van der Waals surface area contributed by atoms with Crippen molar-refractivity contribution in [3.8, 4) is 11.3 Å². The molecule has 0 spiro atoms. The van der Waals surface area contributed by atoms with Gasteiger partial charge in [0.1, 0.15) is 22.8 Å². The van der Waals surface area contributed by atoms with Gasteiger partial charge in [0.2, 0.25) is 0 Å². The number of anilines is 1. The molecule has 2 aromatic carbocycles. The highest BCUT2D eigenvalue weighted by atomic mass is 35.5. The molecule has 0 saturated carbocycles. The number of halogens is 2. The Morgan fingerprint density at radius 1 is 1.22 bits per heavy atom. The molecule has 0 aliphatic heterocycles. The number of carbonyl (C=O) groups is 1. The summed E-state index contributed by atoms with van der Waals surface area (Å²) in [7, 11) is 0. The fourth-order valence-corrected chi connectivity index (χ4v) is 2.42. The lowest BCUT2D eigenvalue weighted by Gasteiger charge is -2.06. The second-order valence-electron chi connectivity index (χ2n) is 4.94. The van der Waals surface area contributed by atoms with Gasteiger partial charge in [-0.15, -0.1) is 0 Å². The van der Waals surface area contributed by atoms with Gasteiger partial charge in [0.05, 0.1) is 0 Å². The summed E-state index contributed by atoms with van der Waals surface area (Å²) in [6, 6.07) is 12.6. The number of nitrogens with zero attached hydrogens (tertiary/aromatic N) is 1. The molecule has 0 radical (unpaired) electrons. The van der Waals surface area contributed by atoms with Gasteiger partial charge in [-0.05, 0) is 37.3 Å². The minimum atomic E-state index is -0.431. The quantitative estimate of drug-likeness (QED) is 0.757. The molecule has 116 valence electrons. The van der Waals surface area contributed by atoms with E-state index in [1.54, 1.807) is 37.3 Å². The number of aryl methyl sites for hydroxylation is 1. The van der Waals surface area contributed by atoms with Gasteiger partial charge < -0.3 is 9.84 Å². The maximum atomic E-state index is 13.2. The molecule has 0 aliphatic carbocycles. The molecule has 1 heterocycles. The van der Waals surface area contributed by atoms with Crippen LogP contribution in [0.3, 0.4) is 0 Å². The third-order valence-electron chi connectivity index (χ3n) is 3.27. The average Bonchev–Trinajstić information content (AvgIpc) is 2.89. The Labute approximate surface area is 136 Å². The van der Waals surface area contributed by atoms with Crippen LogP contribution in [0.5, 0.6) is 0 Å². The van der Waals surface area contributed by atoms with E-state index in [0.29, 0.717) is 27.7 Å². The van der Waals surface area contributed by atoms with Gasteiger partial charge in [0.25, 0.3) is 5.91 Å². The van der Waals surface area contributed by atoms with Crippen LogP contribution in [-0.2, 0) is 0 Å². The Hall–Kier alpha value is -2.66. The third-order valence-corrected chi connectivity index (χ3v) is 3.51. The average molecular weight is 331 g/mol. The van der Waals surface area contributed by atoms with Crippen LogP contribution < -0.4 is 5.32 Å². The second-order valence-corrected chi connectivity index (χ2v) is 5.37. The molecule has 0 unspecified atom stereocenters. The Morgan fingerprint density at radius 2 is 2.00 bits per heavy atom. The SMILES string of the molecule is Cc1onc(-c2cccc(Cl)c2)c1C(=O)Nc1cccc(F)c1. The van der Waals surface area contributed by atoms with E-state index in [2.05, 4.69) is 10.5 Å². The van der Waals surface area contributed by atoms with Gasteiger partial charge in [-0.2, -0.15) is 0 Å². The van der Waals surface area contributed by atoms with Gasteiger partial charge in [0, 0.05) is 16.3 Å². The number of hydrogen-bond acceptors (Lipinski definition) is 3. The number of benzene rings is 2. The topological polar surface area (TPSA) is 55.1 Å². The molecule has 6 heteroatoms. The van der Waals surface area contributed by atoms with Crippen LogP contribution in [0.15, 0.2) is 53.1 Å². The van der Waals surface area contributed by atoms with Crippen molar-refractivity contribution in [3.05, 3.63) is 70.7 Å². The highest BCUT2D eigenvalue weighted by molar-refractivity contribution is 6.30. The number of aromatic nitrogens is 1. The Balaban J connectivity index is 1.96. The summed E-state index contributed by atoms with van der Waals surface area (Å²) in [6.07, 6.45) is 0. The number of carbonyl (C=O) groups excluding carboxylic acids is 1. The van der Waals surface area contributed by atoms with Crippen molar-refractivity contribution in [2.75, 3.05) is 5.32 Å². The molecule has 3 aromatic rings. The number of hydrogen-bond donors (Lipinski definition) is 1. The molecule has 1 aromatic heterocycles. The maximum absolute atomic E-state index is 13.2. The molecule has 0 atom stereocenters. The van der Waals surface area contributed by atoms with Gasteiger partial charge >= 0.3 is 0 Å². The van der Waals surface area contributed by atoms with Crippen LogP contribution >= 0.6 is 11.6 Å². The van der Waals surface area contributed by atoms with E-state index in [9.17, 15) is 9.18 Å². The maximum Gasteiger partial charge on any atom is 0.261 e. The van der Waals surface area contributed by atoms with Crippen LogP contribution in [0.4, 0.5) is 10.1 Å². The molecule has 0 saturated heterocycles. The van der Waals surface area contributed by atoms with Crippen LogP contribution in [0.25, 0.3) is 11.3 Å². The van der Waals surface area contributed by atoms with Crippen molar-refractivity contribution in [3.63, 3.8) is 0 Å². The molecule has 4 nitrogen and oxygen atoms in total. The molecule has 23 heavy (non-hydrogen) atoms. The normalized spacial score (nSPS) is 10.6. The zero-order valence-corrected chi connectivity index (χ0v) is 12.9. The van der Waals surface area contributed by atoms with Crippen molar-refractivity contribution < 1.29 is 13.7 Å². The van der Waals surface area contributed by atoms with E-state index in [1.165, 1.54) is 18.2 Å². The lowest BCUT2D eigenvalue weighted by molar-refractivity contribution is 0.102. The molecular weight excluding hydrogens is 319 g/mol. The summed E-state index contributed by atoms with van der Waals surface area (Å²) >= 11 is 5.98. The largest absolute Gasteiger partial charge is 0.360 e. The first-order chi connectivity index (χ1) is 11.0. The van der Waals surface area contributed by atoms with Gasteiger partial charge in [-0.1, -0.05) is 35.0 Å². The molecule has 1 amide bonds. The zero-order valence-electron chi connectivity index (χ0n) is 12.1. The van der Waals surface area contributed by atoms with E-state index in [4.69, 9.17) is 16.1 Å². The Kier molecular flexibility index (Phi) is 4.12. The predicted molar refractivity (Wildman–Crippen MR) is 86.0 cm³/mol. The molecular formula is C17H12ClFN2O2. The van der Waals surface area contributed by atoms with Crippen LogP contribution in [-0.4, -0.2) is 11.1 Å². The summed E-state index contributed by atoms with van der Waals surface area (Å²) in [5.41, 5.74) is 1.70. The van der Waals surface area contributed by atoms with Crippen molar-refractivity contribution >= 4 is 23.2 Å². The van der Waals surface area contributed by atoms with Crippen LogP contribution in [0.1, 0.15) is 16.1 Å². The first-order valence-corrected chi connectivity index (χ1v) is 7.21. The van der Waals surface area contributed by atoms with Crippen molar-refractivity contribution in [2.45, 2.75) is 6.92 Å². The summed E-state index contributed by atoms with van der Waals surface area (Å²) < 4.78 is 18.4. The fourth-order valence-electron chi connectivity index (χ4n) is 2.23. The minimum Gasteiger partial charge on any atom is -0.360 e. The summed E-state index contributed by atoms with van der Waals surface area (Å²) in [5, 5.41) is 7.11. The van der Waals surface area contributed by atoms with Crippen LogP contribution in [0.2, 0.25) is 5.02 Å². The molecule has 3 rings (SSSR count). The van der Waals surface area contributed by atoms with Gasteiger partial charge in [0.15, 0.2) is 0 Å². The number of nitrogens with one attached hydrogen (secondary N) is 1. The van der Waals surface area contributed by atoms with Crippen LogP contribution in [0, 0.1) is 12.7 Å². The van der Waals surface area contributed by atoms with E-state index < -0.39 is 11.7 Å². The standard InChI is InChI=1S/C17H12ClFN2O2/c1-10-15(17(22)20-14-7-3-6-13(19)9-14)16(21-23-10)11-4-2-5-12(18)8-11/h2-9H,1H3,(H,20,22). The minimum absolute atomic E-state index is 0.288. The lowest BCUT2D eigenvalue weighted by atomic mass is 10.1. The Bertz CT molecular complexity index is 877. The smallest absolute Gasteiger partial charge is 0.261 e. The monoisotopic (exact) mass is 330 g/mol. The number of rotatable bonds is 3. The Morgan fingerprint density at radius 3 is 2.74 bits per heavy atom. The van der Waals surface area contributed by atoms with Gasteiger partial charge in [-0.25, -0.2) is 4.39 Å². The van der Waals surface area contributed by atoms with E-state index >= 15 is 0 Å². The lowest BCUT2D eigenvalue weighted by Crippen LogP contribution is -2.13. The van der Waals surface area contributed by atoms with Gasteiger partial charge in [-0.3, -0.25) is 4.79 Å². The fraction of sp³-hybridized carbons (Fsp3) is 0.0588. The van der Waals surface area contributed by atoms with E-state index in [1.807, 2.05) is 0 Å². The molecule has 0 fully saturated rings. The number of amides is 1. The highest BCUT2D eigenvalue weighted by Gasteiger charge is 2.22. The van der Waals surface area contributed by atoms with Crippen molar-refractivity contribution in [1.82, 2.24) is 5.16 Å². The molecule has 0 aliphatic rings. The summed E-state index contributed by atoms with van der Waals surface area (Å²) in [6.45, 7) is 1.64. The first kappa shape index (κ1) is 15.2. The zero-order chi connectivity index (χ0) is 16.4. The van der Waals surface area contributed by atoms with Crippen molar-refractivity contribution in [1.29, 1.82) is 0 Å². The predicted octanol–water partition coefficient (Wildman–Crippen LogP) is 4.69. The highest BCUT2D eigenvalue weighted by Crippen LogP contribution is 2.28. The molecule has 0 bridgehead atoms. The van der Waals surface area contributed by atoms with Crippen molar-refractivity contribution in [2.24, 2.45) is 0 Å². The van der Waals surface area contributed by atoms with E-state index in [0.717, 1.165) is 0 Å². The first-order valence-electron chi connectivity index (χ1n) is 6.84. The summed E-state index contributed by atoms with van der Waals surface area (Å²) in [4.78, 5) is 12.5. The third kappa shape index (κ3) is 3.24. The second kappa shape index (κ2) is 6.22. The summed E-state index contributed by atoms with van der Waals surface area (Å²) in [5.74, 6) is -0.488. The molecule has 1 N–H and O–H groups in total. The van der Waals surface area contributed by atoms with E-state index in [-0.39, 0.29) is 5.56 Å².